The number of hydrogen-bond donors (Lipinski definition) is 2. The highest BCUT2D eigenvalue weighted by atomic mass is 19.1. The summed E-state index contributed by atoms with van der Waals surface area (Å²) in [6.07, 6.45) is 0. The van der Waals surface area contributed by atoms with Crippen LogP contribution in [0.3, 0.4) is 0 Å². The zero-order chi connectivity index (χ0) is 18.4. The average Bonchev–Trinajstić information content (AvgIpc) is 2.53. The molecule has 0 spiro atoms. The van der Waals surface area contributed by atoms with Gasteiger partial charge in [0.25, 0.3) is 11.8 Å². The Labute approximate surface area is 146 Å². The first-order chi connectivity index (χ1) is 11.8. The summed E-state index contributed by atoms with van der Waals surface area (Å²) in [6, 6.07) is 12.5. The second-order valence-corrected chi connectivity index (χ2v) is 6.52. The Morgan fingerprint density at radius 3 is 2.36 bits per heavy atom. The van der Waals surface area contributed by atoms with Crippen LogP contribution in [-0.2, 0) is 4.79 Å². The Balaban J connectivity index is 2.04. The normalized spacial score (nSPS) is 10.9. The van der Waals surface area contributed by atoms with Crippen molar-refractivity contribution in [3.05, 3.63) is 59.9 Å². The van der Waals surface area contributed by atoms with Crippen LogP contribution < -0.4 is 15.4 Å². The summed E-state index contributed by atoms with van der Waals surface area (Å²) < 4.78 is 18.6. The van der Waals surface area contributed by atoms with Crippen LogP contribution in [0.1, 0.15) is 31.1 Å². The van der Waals surface area contributed by atoms with E-state index in [4.69, 9.17) is 4.74 Å². The Kier molecular flexibility index (Phi) is 5.75. The first kappa shape index (κ1) is 18.4. The molecular formula is C19H21FN2O3. The van der Waals surface area contributed by atoms with Gasteiger partial charge in [-0.05, 0) is 45.0 Å². The van der Waals surface area contributed by atoms with Crippen LogP contribution in [-0.4, -0.2) is 24.0 Å². The molecular weight excluding hydrogens is 323 g/mol. The van der Waals surface area contributed by atoms with Crippen LogP contribution in [0.25, 0.3) is 0 Å². The van der Waals surface area contributed by atoms with Gasteiger partial charge in [-0.3, -0.25) is 9.59 Å². The quantitative estimate of drug-likeness (QED) is 0.874. The van der Waals surface area contributed by atoms with Crippen molar-refractivity contribution in [3.8, 4) is 5.75 Å². The number of benzene rings is 2. The fraction of sp³-hybridized carbons (Fsp3) is 0.263. The number of hydrogen-bond acceptors (Lipinski definition) is 3. The van der Waals surface area contributed by atoms with Crippen LogP contribution >= 0.6 is 0 Å². The number of carbonyl (C=O) groups is 2. The first-order valence-electron chi connectivity index (χ1n) is 7.85. The molecule has 0 heterocycles. The summed E-state index contributed by atoms with van der Waals surface area (Å²) in [7, 11) is 0. The Hall–Kier alpha value is -2.89. The van der Waals surface area contributed by atoms with E-state index in [0.717, 1.165) is 0 Å². The van der Waals surface area contributed by atoms with Crippen LogP contribution in [0, 0.1) is 5.82 Å². The van der Waals surface area contributed by atoms with Gasteiger partial charge in [0.2, 0.25) is 0 Å². The summed E-state index contributed by atoms with van der Waals surface area (Å²) in [5, 5.41) is 5.46. The van der Waals surface area contributed by atoms with Crippen LogP contribution in [0.4, 0.5) is 10.1 Å². The third-order valence-corrected chi connectivity index (χ3v) is 3.13. The molecule has 0 bridgehead atoms. The molecule has 0 aliphatic rings. The van der Waals surface area contributed by atoms with Crippen molar-refractivity contribution >= 4 is 17.5 Å². The fourth-order valence-electron chi connectivity index (χ4n) is 2.09. The molecule has 2 amide bonds. The largest absolute Gasteiger partial charge is 0.481 e. The lowest BCUT2D eigenvalue weighted by atomic mass is 10.1. The fourth-order valence-corrected chi connectivity index (χ4v) is 2.09. The van der Waals surface area contributed by atoms with E-state index in [-0.39, 0.29) is 18.3 Å². The lowest BCUT2D eigenvalue weighted by molar-refractivity contribution is -0.118. The topological polar surface area (TPSA) is 67.4 Å². The molecule has 0 aliphatic heterocycles. The van der Waals surface area contributed by atoms with E-state index < -0.39 is 17.3 Å². The zero-order valence-corrected chi connectivity index (χ0v) is 14.4. The summed E-state index contributed by atoms with van der Waals surface area (Å²) in [5.41, 5.74) is 0.311. The molecule has 2 aromatic carbocycles. The maximum atomic E-state index is 13.5. The van der Waals surface area contributed by atoms with Gasteiger partial charge in [0.15, 0.2) is 18.2 Å². The van der Waals surface area contributed by atoms with Crippen molar-refractivity contribution in [1.82, 2.24) is 5.32 Å². The molecule has 5 nitrogen and oxygen atoms in total. The number of nitrogens with one attached hydrogen (secondary N) is 2. The lowest BCUT2D eigenvalue weighted by Crippen LogP contribution is -2.41. The van der Waals surface area contributed by atoms with Crippen molar-refractivity contribution in [3.63, 3.8) is 0 Å². The third-order valence-electron chi connectivity index (χ3n) is 3.13. The predicted molar refractivity (Wildman–Crippen MR) is 94.2 cm³/mol. The van der Waals surface area contributed by atoms with Crippen molar-refractivity contribution in [2.24, 2.45) is 0 Å². The van der Waals surface area contributed by atoms with E-state index in [1.54, 1.807) is 30.3 Å². The van der Waals surface area contributed by atoms with Gasteiger partial charge in [-0.1, -0.05) is 24.3 Å². The Morgan fingerprint density at radius 2 is 1.68 bits per heavy atom. The Bertz CT molecular complexity index is 769. The minimum absolute atomic E-state index is 0.00332. The molecule has 0 aromatic heterocycles. The van der Waals surface area contributed by atoms with Crippen molar-refractivity contribution < 1.29 is 18.7 Å². The summed E-state index contributed by atoms with van der Waals surface area (Å²) in [4.78, 5) is 24.4. The smallest absolute Gasteiger partial charge is 0.262 e. The molecule has 0 unspecified atom stereocenters. The van der Waals surface area contributed by atoms with E-state index in [9.17, 15) is 14.0 Å². The lowest BCUT2D eigenvalue weighted by Gasteiger charge is -2.21. The maximum Gasteiger partial charge on any atom is 0.262 e. The van der Waals surface area contributed by atoms with Gasteiger partial charge in [-0.15, -0.1) is 0 Å². The van der Waals surface area contributed by atoms with Crippen LogP contribution in [0.2, 0.25) is 0 Å². The van der Waals surface area contributed by atoms with E-state index in [1.165, 1.54) is 18.2 Å². The minimum Gasteiger partial charge on any atom is -0.481 e. The van der Waals surface area contributed by atoms with E-state index in [2.05, 4.69) is 10.6 Å². The molecule has 0 aliphatic carbocycles. The highest BCUT2D eigenvalue weighted by Crippen LogP contribution is 2.18. The minimum atomic E-state index is -0.541. The highest BCUT2D eigenvalue weighted by Gasteiger charge is 2.18. The van der Waals surface area contributed by atoms with E-state index in [1.807, 2.05) is 20.8 Å². The second-order valence-electron chi connectivity index (χ2n) is 6.52. The molecule has 2 rings (SSSR count). The molecule has 0 radical (unpaired) electrons. The van der Waals surface area contributed by atoms with Gasteiger partial charge < -0.3 is 15.4 Å². The molecule has 0 atom stereocenters. The number of ether oxygens (including phenoxy) is 1. The second kappa shape index (κ2) is 7.79. The average molecular weight is 344 g/mol. The number of carbonyl (C=O) groups excluding carboxylic acids is 2. The SMILES string of the molecule is CC(C)(C)NC(=O)c1ccccc1NC(=O)COc1ccccc1F. The molecule has 2 aromatic rings. The number of para-hydroxylation sites is 2. The molecule has 6 heteroatoms. The van der Waals surface area contributed by atoms with Gasteiger partial charge in [-0.2, -0.15) is 0 Å². The van der Waals surface area contributed by atoms with Crippen molar-refractivity contribution in [2.75, 3.05) is 11.9 Å². The van der Waals surface area contributed by atoms with Crippen LogP contribution in [0.15, 0.2) is 48.5 Å². The van der Waals surface area contributed by atoms with Crippen LogP contribution in [0.5, 0.6) is 5.75 Å². The zero-order valence-electron chi connectivity index (χ0n) is 14.4. The molecule has 2 N–H and O–H groups in total. The number of rotatable bonds is 5. The summed E-state index contributed by atoms with van der Waals surface area (Å²) in [5.74, 6) is -1.32. The van der Waals surface area contributed by atoms with Crippen molar-refractivity contribution in [2.45, 2.75) is 26.3 Å². The molecule has 25 heavy (non-hydrogen) atoms. The van der Waals surface area contributed by atoms with Gasteiger partial charge in [0.05, 0.1) is 11.3 Å². The molecule has 0 saturated carbocycles. The molecule has 0 saturated heterocycles. The predicted octanol–water partition coefficient (Wildman–Crippen LogP) is 3.37. The Morgan fingerprint density at radius 1 is 1.04 bits per heavy atom. The standard InChI is InChI=1S/C19H21FN2O3/c1-19(2,3)22-18(24)13-8-4-6-10-15(13)21-17(23)12-25-16-11-7-5-9-14(16)20/h4-11H,12H2,1-3H3,(H,21,23)(H,22,24). The van der Waals surface area contributed by atoms with Gasteiger partial charge >= 0.3 is 0 Å². The van der Waals surface area contributed by atoms with E-state index in [0.29, 0.717) is 11.3 Å². The molecule has 132 valence electrons. The maximum absolute atomic E-state index is 13.5. The first-order valence-corrected chi connectivity index (χ1v) is 7.85. The van der Waals surface area contributed by atoms with Gasteiger partial charge in [0, 0.05) is 5.54 Å². The van der Waals surface area contributed by atoms with Gasteiger partial charge in [-0.25, -0.2) is 4.39 Å². The summed E-state index contributed by atoms with van der Waals surface area (Å²) >= 11 is 0. The number of amides is 2. The monoisotopic (exact) mass is 344 g/mol. The number of anilines is 1. The number of halogens is 1. The van der Waals surface area contributed by atoms with E-state index >= 15 is 0 Å². The highest BCUT2D eigenvalue weighted by molar-refractivity contribution is 6.04. The third kappa shape index (κ3) is 5.60. The van der Waals surface area contributed by atoms with Gasteiger partial charge in [0.1, 0.15) is 0 Å². The summed E-state index contributed by atoms with van der Waals surface area (Å²) in [6.45, 7) is 5.24. The molecule has 0 fully saturated rings. The van der Waals surface area contributed by atoms with Crippen molar-refractivity contribution in [1.29, 1.82) is 0 Å².